The van der Waals surface area contributed by atoms with Gasteiger partial charge in [0.05, 0.1) is 24.0 Å². The third-order valence-electron chi connectivity index (χ3n) is 5.48. The van der Waals surface area contributed by atoms with Crippen LogP contribution in [0.5, 0.6) is 0 Å². The molecular formula is C21H19F4N7OS. The van der Waals surface area contributed by atoms with Crippen molar-refractivity contribution in [2.45, 2.75) is 38.3 Å². The second kappa shape index (κ2) is 9.22. The quantitative estimate of drug-likeness (QED) is 0.346. The Morgan fingerprint density at radius 3 is 2.59 bits per heavy atom. The number of hydrogen-bond donors (Lipinski definition) is 0. The summed E-state index contributed by atoms with van der Waals surface area (Å²) in [6.45, 7) is 1.78. The van der Waals surface area contributed by atoms with Gasteiger partial charge in [-0.15, -0.1) is 26.6 Å². The number of halogens is 4. The number of thiophene rings is 1. The maximum Gasteiger partial charge on any atom is 0.314 e. The van der Waals surface area contributed by atoms with E-state index in [2.05, 4.69) is 25.5 Å². The Bertz CT molecular complexity index is 1240. The van der Waals surface area contributed by atoms with E-state index in [1.54, 1.807) is 34.3 Å². The topological polar surface area (TPSA) is 85.8 Å². The smallest absolute Gasteiger partial charge is 0.314 e. The molecule has 0 bridgehead atoms. The summed E-state index contributed by atoms with van der Waals surface area (Å²) in [7, 11) is 0. The van der Waals surface area contributed by atoms with Gasteiger partial charge in [0.2, 0.25) is 5.89 Å². The summed E-state index contributed by atoms with van der Waals surface area (Å²) < 4.78 is 58.5. The molecule has 1 aliphatic rings. The van der Waals surface area contributed by atoms with Gasteiger partial charge in [-0.1, -0.05) is 5.21 Å². The minimum Gasteiger partial charge on any atom is -0.415 e. The van der Waals surface area contributed by atoms with Gasteiger partial charge >= 0.3 is 6.43 Å². The van der Waals surface area contributed by atoms with Crippen LogP contribution in [-0.4, -0.2) is 54.1 Å². The molecule has 0 atom stereocenters. The predicted molar refractivity (Wildman–Crippen MR) is 114 cm³/mol. The molecule has 0 saturated carbocycles. The maximum atomic E-state index is 13.3. The van der Waals surface area contributed by atoms with Crippen molar-refractivity contribution in [1.82, 2.24) is 35.1 Å². The van der Waals surface area contributed by atoms with Gasteiger partial charge in [0.1, 0.15) is 5.69 Å². The molecule has 1 aliphatic heterocycles. The normalized spacial score (nSPS) is 16.4. The molecule has 4 aromatic rings. The van der Waals surface area contributed by atoms with Crippen molar-refractivity contribution in [3.8, 4) is 22.7 Å². The molecular weight excluding hydrogens is 474 g/mol. The number of piperidine rings is 1. The van der Waals surface area contributed by atoms with Crippen LogP contribution in [0.4, 0.5) is 17.6 Å². The SMILES string of the molecule is FC(F)c1nnc(-c2ccc(Cn3cc(-c4csc(CN5CCC(F)(F)CC5)c4)nn3)nc2)o1. The van der Waals surface area contributed by atoms with Crippen molar-refractivity contribution in [1.29, 1.82) is 0 Å². The van der Waals surface area contributed by atoms with Crippen molar-refractivity contribution in [2.75, 3.05) is 13.1 Å². The van der Waals surface area contributed by atoms with Gasteiger partial charge in [-0.25, -0.2) is 13.5 Å². The van der Waals surface area contributed by atoms with Gasteiger partial charge in [-0.3, -0.25) is 9.88 Å². The summed E-state index contributed by atoms with van der Waals surface area (Å²) in [6.07, 6.45) is 0.250. The predicted octanol–water partition coefficient (Wildman–Crippen LogP) is 4.67. The first kappa shape index (κ1) is 22.6. The molecule has 4 aromatic heterocycles. The molecule has 0 radical (unpaired) electrons. The largest absolute Gasteiger partial charge is 0.415 e. The Morgan fingerprint density at radius 2 is 1.88 bits per heavy atom. The lowest BCUT2D eigenvalue weighted by Crippen LogP contribution is -2.38. The first-order valence-corrected chi connectivity index (χ1v) is 11.4. The highest BCUT2D eigenvalue weighted by Gasteiger charge is 2.33. The Balaban J connectivity index is 1.20. The fraction of sp³-hybridized carbons (Fsp3) is 0.381. The molecule has 0 aliphatic carbocycles. The zero-order valence-corrected chi connectivity index (χ0v) is 18.6. The summed E-state index contributed by atoms with van der Waals surface area (Å²) in [6, 6.07) is 5.38. The summed E-state index contributed by atoms with van der Waals surface area (Å²) in [5.74, 6) is -3.30. The Kier molecular flexibility index (Phi) is 6.13. The summed E-state index contributed by atoms with van der Waals surface area (Å²) in [4.78, 5) is 7.43. The first-order chi connectivity index (χ1) is 16.3. The van der Waals surface area contributed by atoms with Gasteiger partial charge in [0.25, 0.3) is 11.8 Å². The second-order valence-corrected chi connectivity index (χ2v) is 9.02. The maximum absolute atomic E-state index is 13.3. The number of alkyl halides is 4. The van der Waals surface area contributed by atoms with E-state index < -0.39 is 18.2 Å². The van der Waals surface area contributed by atoms with Crippen LogP contribution in [0, 0.1) is 0 Å². The third kappa shape index (κ3) is 5.14. The molecule has 5 heterocycles. The molecule has 0 N–H and O–H groups in total. The monoisotopic (exact) mass is 493 g/mol. The highest BCUT2D eigenvalue weighted by atomic mass is 32.1. The molecule has 0 amide bonds. The van der Waals surface area contributed by atoms with Crippen LogP contribution in [0.2, 0.25) is 0 Å². The first-order valence-electron chi connectivity index (χ1n) is 10.5. The van der Waals surface area contributed by atoms with Crippen LogP contribution in [0.3, 0.4) is 0 Å². The van der Waals surface area contributed by atoms with Crippen molar-refractivity contribution >= 4 is 11.3 Å². The summed E-state index contributed by atoms with van der Waals surface area (Å²) >= 11 is 1.57. The van der Waals surface area contributed by atoms with E-state index in [9.17, 15) is 17.6 Å². The van der Waals surface area contributed by atoms with Gasteiger partial charge in [0.15, 0.2) is 0 Å². The molecule has 0 aromatic carbocycles. The number of hydrogen-bond acceptors (Lipinski definition) is 8. The fourth-order valence-electron chi connectivity index (χ4n) is 3.61. The molecule has 1 saturated heterocycles. The van der Waals surface area contributed by atoms with Crippen molar-refractivity contribution < 1.29 is 22.0 Å². The van der Waals surface area contributed by atoms with Gasteiger partial charge in [-0.2, -0.15) is 8.78 Å². The van der Waals surface area contributed by atoms with Gasteiger partial charge in [-0.05, 0) is 18.2 Å². The van der Waals surface area contributed by atoms with Crippen LogP contribution >= 0.6 is 11.3 Å². The molecule has 0 unspecified atom stereocenters. The number of pyridine rings is 1. The Labute approximate surface area is 195 Å². The van der Waals surface area contributed by atoms with Crippen molar-refractivity contribution in [2.24, 2.45) is 0 Å². The number of rotatable bonds is 7. The summed E-state index contributed by atoms with van der Waals surface area (Å²) in [5.41, 5.74) is 2.74. The van der Waals surface area contributed by atoms with Crippen LogP contribution in [0.15, 0.2) is 40.4 Å². The zero-order chi connectivity index (χ0) is 23.7. The van der Waals surface area contributed by atoms with Gasteiger partial charge in [0, 0.05) is 54.5 Å². The standard InChI is InChI=1S/C21H19F4N7OS/c22-18(23)20-29-28-19(33-20)13-1-2-15(26-8-13)9-32-11-17(27-30-32)14-7-16(34-12-14)10-31-5-3-21(24,25)4-6-31/h1-2,7-8,11-12,18H,3-6,9-10H2. The number of aromatic nitrogens is 6. The third-order valence-corrected chi connectivity index (χ3v) is 6.40. The summed E-state index contributed by atoms with van der Waals surface area (Å²) in [5, 5.41) is 17.3. The molecule has 5 rings (SSSR count). The minimum absolute atomic E-state index is 0.0241. The molecule has 8 nitrogen and oxygen atoms in total. The van der Waals surface area contributed by atoms with Crippen LogP contribution in [0.25, 0.3) is 22.7 Å². The van der Waals surface area contributed by atoms with Crippen LogP contribution in [-0.2, 0) is 13.1 Å². The van der Waals surface area contributed by atoms with E-state index in [1.807, 2.05) is 16.3 Å². The number of nitrogens with zero attached hydrogens (tertiary/aromatic N) is 7. The molecule has 34 heavy (non-hydrogen) atoms. The lowest BCUT2D eigenvalue weighted by Gasteiger charge is -2.31. The second-order valence-electron chi connectivity index (χ2n) is 8.02. The zero-order valence-electron chi connectivity index (χ0n) is 17.7. The lowest BCUT2D eigenvalue weighted by molar-refractivity contribution is -0.0564. The van der Waals surface area contributed by atoms with Crippen molar-refractivity contribution in [3.05, 3.63) is 52.4 Å². The Morgan fingerprint density at radius 1 is 1.06 bits per heavy atom. The van der Waals surface area contributed by atoms with E-state index >= 15 is 0 Å². The van der Waals surface area contributed by atoms with Crippen molar-refractivity contribution in [3.63, 3.8) is 0 Å². The lowest BCUT2D eigenvalue weighted by atomic mass is 10.1. The highest BCUT2D eigenvalue weighted by molar-refractivity contribution is 7.10. The molecule has 0 spiro atoms. The number of likely N-dealkylation sites (tertiary alicyclic amines) is 1. The molecule has 1 fully saturated rings. The van der Waals surface area contributed by atoms with Gasteiger partial charge < -0.3 is 4.42 Å². The minimum atomic E-state index is -2.83. The average Bonchev–Trinajstić information content (AvgIpc) is 3.56. The van der Waals surface area contributed by atoms with E-state index in [4.69, 9.17) is 4.42 Å². The van der Waals surface area contributed by atoms with E-state index in [1.165, 1.54) is 6.20 Å². The fourth-order valence-corrected chi connectivity index (χ4v) is 4.53. The average molecular weight is 493 g/mol. The Hall–Kier alpha value is -3.19. The highest BCUT2D eigenvalue weighted by Crippen LogP contribution is 2.30. The molecule has 178 valence electrons. The van der Waals surface area contributed by atoms with Crippen LogP contribution in [0.1, 0.15) is 35.7 Å². The van der Waals surface area contributed by atoms with E-state index in [0.717, 1.165) is 10.4 Å². The molecule has 13 heteroatoms. The van der Waals surface area contributed by atoms with Crippen LogP contribution < -0.4 is 0 Å². The van der Waals surface area contributed by atoms with E-state index in [0.29, 0.717) is 43.1 Å². The van der Waals surface area contributed by atoms with E-state index in [-0.39, 0.29) is 18.7 Å².